The molecule has 0 atom stereocenters. The quantitative estimate of drug-likeness (QED) is 0.729. The lowest BCUT2D eigenvalue weighted by atomic mass is 10.1. The maximum absolute atomic E-state index is 5.33. The summed E-state index contributed by atoms with van der Waals surface area (Å²) >= 11 is 0. The lowest BCUT2D eigenvalue weighted by Crippen LogP contribution is -1.99. The number of aromatic nitrogens is 4. The normalized spacial score (nSPS) is 10.8. The van der Waals surface area contributed by atoms with Gasteiger partial charge < -0.3 is 9.47 Å². The minimum atomic E-state index is 0.590. The van der Waals surface area contributed by atoms with Gasteiger partial charge in [0.15, 0.2) is 11.5 Å². The van der Waals surface area contributed by atoms with Crippen molar-refractivity contribution < 1.29 is 9.47 Å². The first-order chi connectivity index (χ1) is 9.74. The van der Waals surface area contributed by atoms with E-state index in [9.17, 15) is 0 Å². The maximum atomic E-state index is 5.33. The topological polar surface area (TPSA) is 61.5 Å². The number of hydrogen-bond acceptors (Lipinski definition) is 5. The molecule has 0 amide bonds. The molecular formula is C14H14N4O2. The third kappa shape index (κ3) is 1.85. The molecule has 0 unspecified atom stereocenters. The summed E-state index contributed by atoms with van der Waals surface area (Å²) in [6.07, 6.45) is 3.29. The van der Waals surface area contributed by atoms with Crippen LogP contribution in [0.4, 0.5) is 0 Å². The van der Waals surface area contributed by atoms with Gasteiger partial charge in [0.05, 0.1) is 19.9 Å². The zero-order valence-corrected chi connectivity index (χ0v) is 11.5. The molecule has 0 bridgehead atoms. The average Bonchev–Trinajstić information content (AvgIpc) is 2.96. The minimum absolute atomic E-state index is 0.590. The van der Waals surface area contributed by atoms with E-state index in [1.165, 1.54) is 6.33 Å². The SMILES string of the molecule is COc1ccc(-c2cnc3ncnn3c2C)cc1OC. The smallest absolute Gasteiger partial charge is 0.252 e. The molecule has 0 aliphatic heterocycles. The van der Waals surface area contributed by atoms with E-state index >= 15 is 0 Å². The molecule has 20 heavy (non-hydrogen) atoms. The molecule has 0 aliphatic carbocycles. The highest BCUT2D eigenvalue weighted by atomic mass is 16.5. The van der Waals surface area contributed by atoms with Crippen LogP contribution >= 0.6 is 0 Å². The molecule has 102 valence electrons. The number of benzene rings is 1. The predicted molar refractivity (Wildman–Crippen MR) is 74.1 cm³/mol. The Balaban J connectivity index is 2.17. The number of ether oxygens (including phenoxy) is 2. The summed E-state index contributed by atoms with van der Waals surface area (Å²) in [4.78, 5) is 8.37. The summed E-state index contributed by atoms with van der Waals surface area (Å²) in [5.74, 6) is 1.97. The molecule has 0 spiro atoms. The van der Waals surface area contributed by atoms with Crippen molar-refractivity contribution in [2.24, 2.45) is 0 Å². The Labute approximate surface area is 116 Å². The second-order valence-electron chi connectivity index (χ2n) is 4.30. The Morgan fingerprint density at radius 3 is 2.60 bits per heavy atom. The van der Waals surface area contributed by atoms with Crippen LogP contribution in [0.2, 0.25) is 0 Å². The summed E-state index contributed by atoms with van der Waals surface area (Å²) in [7, 11) is 3.24. The molecule has 6 heteroatoms. The fraction of sp³-hybridized carbons (Fsp3) is 0.214. The van der Waals surface area contributed by atoms with E-state index in [-0.39, 0.29) is 0 Å². The Kier molecular flexibility index (Phi) is 2.98. The van der Waals surface area contributed by atoms with E-state index in [0.29, 0.717) is 17.3 Å². The van der Waals surface area contributed by atoms with Crippen molar-refractivity contribution >= 4 is 5.78 Å². The van der Waals surface area contributed by atoms with Crippen LogP contribution in [0, 0.1) is 6.92 Å². The maximum Gasteiger partial charge on any atom is 0.252 e. The molecular weight excluding hydrogens is 256 g/mol. The van der Waals surface area contributed by atoms with Crippen LogP contribution in [0.5, 0.6) is 11.5 Å². The van der Waals surface area contributed by atoms with Gasteiger partial charge in [0.25, 0.3) is 5.78 Å². The molecule has 2 aromatic heterocycles. The van der Waals surface area contributed by atoms with Crippen molar-refractivity contribution in [3.63, 3.8) is 0 Å². The predicted octanol–water partition coefficient (Wildman–Crippen LogP) is 2.12. The molecule has 0 aliphatic rings. The number of hydrogen-bond donors (Lipinski definition) is 0. The van der Waals surface area contributed by atoms with Gasteiger partial charge in [-0.15, -0.1) is 0 Å². The number of aryl methyl sites for hydroxylation is 1. The van der Waals surface area contributed by atoms with Gasteiger partial charge in [0, 0.05) is 11.8 Å². The third-order valence-corrected chi connectivity index (χ3v) is 3.24. The van der Waals surface area contributed by atoms with E-state index in [4.69, 9.17) is 9.47 Å². The molecule has 0 saturated heterocycles. The van der Waals surface area contributed by atoms with Gasteiger partial charge in [-0.3, -0.25) is 0 Å². The first-order valence-corrected chi connectivity index (χ1v) is 6.12. The lowest BCUT2D eigenvalue weighted by Gasteiger charge is -2.11. The van der Waals surface area contributed by atoms with Crippen molar-refractivity contribution in [3.05, 3.63) is 36.4 Å². The van der Waals surface area contributed by atoms with Crippen molar-refractivity contribution in [2.45, 2.75) is 6.92 Å². The molecule has 2 heterocycles. The summed E-state index contributed by atoms with van der Waals surface area (Å²) < 4.78 is 12.3. The largest absolute Gasteiger partial charge is 0.493 e. The van der Waals surface area contributed by atoms with Gasteiger partial charge in [0.2, 0.25) is 0 Å². The molecule has 0 radical (unpaired) electrons. The summed E-state index contributed by atoms with van der Waals surface area (Å²) in [5, 5.41) is 4.17. The van der Waals surface area contributed by atoms with Crippen LogP contribution in [-0.4, -0.2) is 33.8 Å². The van der Waals surface area contributed by atoms with Crippen LogP contribution in [0.25, 0.3) is 16.9 Å². The van der Waals surface area contributed by atoms with Crippen LogP contribution < -0.4 is 9.47 Å². The van der Waals surface area contributed by atoms with Crippen molar-refractivity contribution in [2.75, 3.05) is 14.2 Å². The highest BCUT2D eigenvalue weighted by molar-refractivity contribution is 5.69. The Morgan fingerprint density at radius 1 is 1.05 bits per heavy atom. The van der Waals surface area contributed by atoms with Gasteiger partial charge in [-0.1, -0.05) is 6.07 Å². The molecule has 6 nitrogen and oxygen atoms in total. The van der Waals surface area contributed by atoms with Gasteiger partial charge in [0.1, 0.15) is 6.33 Å². The average molecular weight is 270 g/mol. The van der Waals surface area contributed by atoms with E-state index in [1.54, 1.807) is 24.9 Å². The first-order valence-electron chi connectivity index (χ1n) is 6.12. The van der Waals surface area contributed by atoms with E-state index in [2.05, 4.69) is 15.1 Å². The zero-order valence-electron chi connectivity index (χ0n) is 11.5. The van der Waals surface area contributed by atoms with E-state index in [0.717, 1.165) is 16.8 Å². The number of fused-ring (bicyclic) bond motifs is 1. The molecule has 1 aromatic carbocycles. The van der Waals surface area contributed by atoms with Gasteiger partial charge in [-0.25, -0.2) is 9.50 Å². The molecule has 0 N–H and O–H groups in total. The van der Waals surface area contributed by atoms with Gasteiger partial charge >= 0.3 is 0 Å². The summed E-state index contributed by atoms with van der Waals surface area (Å²) in [6.45, 7) is 1.98. The lowest BCUT2D eigenvalue weighted by molar-refractivity contribution is 0.355. The Hall–Kier alpha value is -2.63. The van der Waals surface area contributed by atoms with Crippen LogP contribution in [0.3, 0.4) is 0 Å². The molecule has 3 aromatic rings. The van der Waals surface area contributed by atoms with Crippen molar-refractivity contribution in [1.29, 1.82) is 0 Å². The number of methoxy groups -OCH3 is 2. The minimum Gasteiger partial charge on any atom is -0.493 e. The molecule has 0 fully saturated rings. The summed E-state index contributed by atoms with van der Waals surface area (Å²) in [5.41, 5.74) is 2.94. The summed E-state index contributed by atoms with van der Waals surface area (Å²) in [6, 6.07) is 5.76. The fourth-order valence-corrected chi connectivity index (χ4v) is 2.18. The zero-order chi connectivity index (χ0) is 14.1. The Morgan fingerprint density at radius 2 is 1.85 bits per heavy atom. The monoisotopic (exact) mass is 270 g/mol. The van der Waals surface area contributed by atoms with Gasteiger partial charge in [-0.05, 0) is 24.6 Å². The van der Waals surface area contributed by atoms with Crippen molar-refractivity contribution in [1.82, 2.24) is 19.6 Å². The Bertz CT molecular complexity index is 767. The fourth-order valence-electron chi connectivity index (χ4n) is 2.18. The highest BCUT2D eigenvalue weighted by Crippen LogP contribution is 2.33. The number of rotatable bonds is 3. The molecule has 0 saturated carbocycles. The second-order valence-corrected chi connectivity index (χ2v) is 4.30. The molecule has 3 rings (SSSR count). The van der Waals surface area contributed by atoms with Crippen molar-refractivity contribution in [3.8, 4) is 22.6 Å². The standard InChI is InChI=1S/C14H14N4O2/c1-9-11(7-15-14-16-8-17-18(9)14)10-4-5-12(19-2)13(6-10)20-3/h4-8H,1-3H3. The third-order valence-electron chi connectivity index (χ3n) is 3.24. The van der Waals surface area contributed by atoms with E-state index in [1.807, 2.05) is 25.1 Å². The first kappa shape index (κ1) is 12.4. The highest BCUT2D eigenvalue weighted by Gasteiger charge is 2.11. The second kappa shape index (κ2) is 4.80. The number of nitrogens with zero attached hydrogens (tertiary/aromatic N) is 4. The van der Waals surface area contributed by atoms with Crippen LogP contribution in [0.1, 0.15) is 5.69 Å². The van der Waals surface area contributed by atoms with Crippen LogP contribution in [0.15, 0.2) is 30.7 Å². The van der Waals surface area contributed by atoms with E-state index < -0.39 is 0 Å². The van der Waals surface area contributed by atoms with Crippen LogP contribution in [-0.2, 0) is 0 Å². The van der Waals surface area contributed by atoms with Gasteiger partial charge in [-0.2, -0.15) is 10.1 Å².